The van der Waals surface area contributed by atoms with Crippen LogP contribution >= 0.6 is 0 Å². The SMILES string of the molecule is CCCCCOC(=O)c1ccc([N+](=O)[O-])c(NC[C@@H]2CCO2)c1. The molecular formula is C16H22N2O5. The third-order valence-electron chi connectivity index (χ3n) is 3.72. The molecule has 0 aliphatic carbocycles. The fraction of sp³-hybridized carbons (Fsp3) is 0.562. The molecule has 1 aromatic carbocycles. The molecule has 1 aliphatic heterocycles. The molecule has 2 rings (SSSR count). The first-order valence-electron chi connectivity index (χ1n) is 7.93. The topological polar surface area (TPSA) is 90.7 Å². The van der Waals surface area contributed by atoms with Crippen LogP contribution in [0.15, 0.2) is 18.2 Å². The van der Waals surface area contributed by atoms with Crippen LogP contribution in [0, 0.1) is 10.1 Å². The molecule has 126 valence electrons. The van der Waals surface area contributed by atoms with Gasteiger partial charge in [0.2, 0.25) is 0 Å². The molecule has 0 radical (unpaired) electrons. The summed E-state index contributed by atoms with van der Waals surface area (Å²) in [4.78, 5) is 22.6. The van der Waals surface area contributed by atoms with Gasteiger partial charge in [0.1, 0.15) is 5.69 Å². The van der Waals surface area contributed by atoms with Crippen LogP contribution in [0.2, 0.25) is 0 Å². The summed E-state index contributed by atoms with van der Waals surface area (Å²) in [5, 5.41) is 14.1. The number of hydrogen-bond donors (Lipinski definition) is 1. The Kier molecular flexibility index (Phi) is 6.34. The lowest BCUT2D eigenvalue weighted by Gasteiger charge is -2.26. The Morgan fingerprint density at radius 3 is 2.87 bits per heavy atom. The molecule has 1 fully saturated rings. The number of nitro groups is 1. The zero-order chi connectivity index (χ0) is 16.7. The van der Waals surface area contributed by atoms with E-state index in [9.17, 15) is 14.9 Å². The Hall–Kier alpha value is -2.15. The fourth-order valence-corrected chi connectivity index (χ4v) is 2.23. The van der Waals surface area contributed by atoms with Crippen molar-refractivity contribution in [3.63, 3.8) is 0 Å². The third kappa shape index (κ3) is 4.92. The number of esters is 1. The first-order valence-corrected chi connectivity index (χ1v) is 7.93. The quantitative estimate of drug-likeness (QED) is 0.325. The van der Waals surface area contributed by atoms with E-state index in [2.05, 4.69) is 12.2 Å². The van der Waals surface area contributed by atoms with E-state index in [1.54, 1.807) is 0 Å². The predicted octanol–water partition coefficient (Wildman–Crippen LogP) is 3.14. The lowest BCUT2D eigenvalue weighted by molar-refractivity contribution is -0.384. The Balaban J connectivity index is 2.01. The van der Waals surface area contributed by atoms with Crippen LogP contribution in [0.4, 0.5) is 11.4 Å². The summed E-state index contributed by atoms with van der Waals surface area (Å²) in [6.07, 6.45) is 3.87. The van der Waals surface area contributed by atoms with Gasteiger partial charge < -0.3 is 14.8 Å². The zero-order valence-electron chi connectivity index (χ0n) is 13.2. The summed E-state index contributed by atoms with van der Waals surface area (Å²) in [5.41, 5.74) is 0.560. The van der Waals surface area contributed by atoms with E-state index in [-0.39, 0.29) is 11.8 Å². The first kappa shape index (κ1) is 17.2. The lowest BCUT2D eigenvalue weighted by Crippen LogP contribution is -2.33. The predicted molar refractivity (Wildman–Crippen MR) is 85.8 cm³/mol. The molecule has 1 saturated heterocycles. The highest BCUT2D eigenvalue weighted by atomic mass is 16.6. The molecule has 23 heavy (non-hydrogen) atoms. The van der Waals surface area contributed by atoms with Crippen molar-refractivity contribution in [1.82, 2.24) is 0 Å². The zero-order valence-corrected chi connectivity index (χ0v) is 13.2. The number of carbonyl (C=O) groups excluding carboxylic acids is 1. The molecule has 7 nitrogen and oxygen atoms in total. The van der Waals surface area contributed by atoms with E-state index in [0.29, 0.717) is 24.4 Å². The third-order valence-corrected chi connectivity index (χ3v) is 3.72. The molecule has 1 heterocycles. The van der Waals surface area contributed by atoms with Gasteiger partial charge in [-0.3, -0.25) is 10.1 Å². The van der Waals surface area contributed by atoms with Gasteiger partial charge in [-0.15, -0.1) is 0 Å². The number of anilines is 1. The number of nitro benzene ring substituents is 1. The molecule has 1 aromatic rings. The maximum atomic E-state index is 12.0. The van der Waals surface area contributed by atoms with Crippen LogP contribution in [0.1, 0.15) is 43.0 Å². The Morgan fingerprint density at radius 1 is 1.48 bits per heavy atom. The molecule has 7 heteroatoms. The average Bonchev–Trinajstić information content (AvgIpc) is 2.49. The van der Waals surface area contributed by atoms with E-state index in [0.717, 1.165) is 32.3 Å². The molecule has 0 spiro atoms. The normalized spacial score (nSPS) is 16.5. The van der Waals surface area contributed by atoms with Gasteiger partial charge in [0.25, 0.3) is 5.69 Å². The van der Waals surface area contributed by atoms with Gasteiger partial charge in [-0.05, 0) is 25.0 Å². The Bertz CT molecular complexity index is 557. The van der Waals surface area contributed by atoms with Gasteiger partial charge in [-0.25, -0.2) is 4.79 Å². The van der Waals surface area contributed by atoms with E-state index in [1.165, 1.54) is 18.2 Å². The van der Waals surface area contributed by atoms with Crippen molar-refractivity contribution in [2.75, 3.05) is 25.1 Å². The second kappa shape index (κ2) is 8.47. The van der Waals surface area contributed by atoms with Crippen molar-refractivity contribution >= 4 is 17.3 Å². The van der Waals surface area contributed by atoms with Gasteiger partial charge in [0, 0.05) is 19.2 Å². The summed E-state index contributed by atoms with van der Waals surface area (Å²) in [7, 11) is 0. The van der Waals surface area contributed by atoms with E-state index in [4.69, 9.17) is 9.47 Å². The van der Waals surface area contributed by atoms with Crippen LogP contribution < -0.4 is 5.32 Å². The van der Waals surface area contributed by atoms with Crippen molar-refractivity contribution in [3.8, 4) is 0 Å². The molecule has 0 unspecified atom stereocenters. The maximum Gasteiger partial charge on any atom is 0.338 e. The smallest absolute Gasteiger partial charge is 0.338 e. The summed E-state index contributed by atoms with van der Waals surface area (Å²) in [6.45, 7) is 3.64. The number of hydrogen-bond acceptors (Lipinski definition) is 6. The highest BCUT2D eigenvalue weighted by molar-refractivity contribution is 5.91. The summed E-state index contributed by atoms with van der Waals surface area (Å²) < 4.78 is 10.5. The summed E-state index contributed by atoms with van der Waals surface area (Å²) in [5.74, 6) is -0.459. The largest absolute Gasteiger partial charge is 0.462 e. The number of benzene rings is 1. The number of nitrogens with zero attached hydrogens (tertiary/aromatic N) is 1. The molecule has 0 amide bonds. The summed E-state index contributed by atoms with van der Waals surface area (Å²) >= 11 is 0. The molecule has 1 atom stereocenters. The van der Waals surface area contributed by atoms with Gasteiger partial charge in [0.05, 0.1) is 23.2 Å². The molecular weight excluding hydrogens is 300 g/mol. The minimum Gasteiger partial charge on any atom is -0.462 e. The molecule has 0 aromatic heterocycles. The highest BCUT2D eigenvalue weighted by Gasteiger charge is 2.21. The van der Waals surface area contributed by atoms with Crippen molar-refractivity contribution < 1.29 is 19.2 Å². The van der Waals surface area contributed by atoms with Crippen molar-refractivity contribution in [2.24, 2.45) is 0 Å². The minimum absolute atomic E-state index is 0.0631. The van der Waals surface area contributed by atoms with Crippen LogP contribution in [0.3, 0.4) is 0 Å². The van der Waals surface area contributed by atoms with Gasteiger partial charge in [-0.2, -0.15) is 0 Å². The van der Waals surface area contributed by atoms with Crippen LogP contribution in [0.25, 0.3) is 0 Å². The number of ether oxygens (including phenoxy) is 2. The minimum atomic E-state index is -0.472. The van der Waals surface area contributed by atoms with E-state index in [1.807, 2.05) is 0 Å². The average molecular weight is 322 g/mol. The first-order chi connectivity index (χ1) is 11.1. The second-order valence-corrected chi connectivity index (χ2v) is 5.49. The van der Waals surface area contributed by atoms with Crippen LogP contribution in [0.5, 0.6) is 0 Å². The van der Waals surface area contributed by atoms with Gasteiger partial charge in [0.15, 0.2) is 0 Å². The number of rotatable bonds is 9. The Labute approximate surface area is 135 Å². The second-order valence-electron chi connectivity index (χ2n) is 5.49. The standard InChI is InChI=1S/C16H22N2O5/c1-2-3-4-8-23-16(19)12-5-6-15(18(20)21)14(10-12)17-11-13-7-9-22-13/h5-6,10,13,17H,2-4,7-9,11H2,1H3/t13-/m0/s1. The number of carbonyl (C=O) groups is 1. The van der Waals surface area contributed by atoms with Crippen LogP contribution in [-0.4, -0.2) is 36.8 Å². The molecule has 1 aliphatic rings. The number of unbranched alkanes of at least 4 members (excludes halogenated alkanes) is 2. The molecule has 0 saturated carbocycles. The van der Waals surface area contributed by atoms with Crippen molar-refractivity contribution in [2.45, 2.75) is 38.7 Å². The van der Waals surface area contributed by atoms with E-state index >= 15 is 0 Å². The Morgan fingerprint density at radius 2 is 2.26 bits per heavy atom. The highest BCUT2D eigenvalue weighted by Crippen LogP contribution is 2.26. The summed E-state index contributed by atoms with van der Waals surface area (Å²) in [6, 6.07) is 4.22. The number of nitrogens with one attached hydrogen (secondary N) is 1. The lowest BCUT2D eigenvalue weighted by atomic mass is 10.1. The van der Waals surface area contributed by atoms with Crippen LogP contribution in [-0.2, 0) is 9.47 Å². The van der Waals surface area contributed by atoms with Gasteiger partial charge in [-0.1, -0.05) is 19.8 Å². The maximum absolute atomic E-state index is 12.0. The van der Waals surface area contributed by atoms with Crippen molar-refractivity contribution in [3.05, 3.63) is 33.9 Å². The van der Waals surface area contributed by atoms with E-state index < -0.39 is 10.9 Å². The monoisotopic (exact) mass is 322 g/mol. The fourth-order valence-electron chi connectivity index (χ4n) is 2.23. The van der Waals surface area contributed by atoms with Crippen molar-refractivity contribution in [1.29, 1.82) is 0 Å². The van der Waals surface area contributed by atoms with Gasteiger partial charge >= 0.3 is 5.97 Å². The molecule has 1 N–H and O–H groups in total. The molecule has 0 bridgehead atoms.